The number of amidine groups is 1. The van der Waals surface area contributed by atoms with Crippen LogP contribution in [0, 0.1) is 18.4 Å². The molecule has 0 bridgehead atoms. The lowest BCUT2D eigenvalue weighted by atomic mass is 10.2. The molecule has 1 aromatic heterocycles. The summed E-state index contributed by atoms with van der Waals surface area (Å²) in [5.41, 5.74) is 2.36. The van der Waals surface area contributed by atoms with Crippen LogP contribution in [0.5, 0.6) is 0 Å². The number of aryl methyl sites for hydroxylation is 1. The van der Waals surface area contributed by atoms with E-state index in [9.17, 15) is 0 Å². The van der Waals surface area contributed by atoms with E-state index in [4.69, 9.17) is 16.9 Å². The second kappa shape index (κ2) is 6.46. The molecular formula is C13H12ClN5S. The van der Waals surface area contributed by atoms with Gasteiger partial charge in [-0.15, -0.1) is 0 Å². The summed E-state index contributed by atoms with van der Waals surface area (Å²) in [7, 11) is 0. The number of nitrogens with one attached hydrogen (secondary N) is 1. The molecule has 0 fully saturated rings. The molecule has 2 aromatic rings. The summed E-state index contributed by atoms with van der Waals surface area (Å²) in [5.74, 6) is 0. The summed E-state index contributed by atoms with van der Waals surface area (Å²) in [6.45, 7) is 1.95. The zero-order chi connectivity index (χ0) is 14.5. The van der Waals surface area contributed by atoms with Gasteiger partial charge in [-0.25, -0.2) is 9.67 Å². The van der Waals surface area contributed by atoms with E-state index in [1.807, 2.05) is 37.7 Å². The molecule has 2 rings (SSSR count). The van der Waals surface area contributed by atoms with E-state index in [1.54, 1.807) is 16.9 Å². The zero-order valence-electron chi connectivity index (χ0n) is 11.0. The van der Waals surface area contributed by atoms with Crippen LogP contribution in [0.25, 0.3) is 5.69 Å². The highest BCUT2D eigenvalue weighted by molar-refractivity contribution is 8.13. The van der Waals surface area contributed by atoms with Gasteiger partial charge in [0.15, 0.2) is 11.4 Å². The largest absolute Gasteiger partial charge is 0.271 e. The zero-order valence-corrected chi connectivity index (χ0v) is 12.5. The first-order valence-corrected chi connectivity index (χ1v) is 7.34. The average molecular weight is 306 g/mol. The first kappa shape index (κ1) is 14.4. The van der Waals surface area contributed by atoms with Crippen molar-refractivity contribution >= 4 is 34.2 Å². The van der Waals surface area contributed by atoms with Crippen molar-refractivity contribution < 1.29 is 0 Å². The van der Waals surface area contributed by atoms with Gasteiger partial charge in [-0.1, -0.05) is 29.4 Å². The van der Waals surface area contributed by atoms with Crippen LogP contribution in [-0.4, -0.2) is 21.2 Å². The van der Waals surface area contributed by atoms with Gasteiger partial charge in [0.25, 0.3) is 0 Å². The molecule has 0 spiro atoms. The predicted octanol–water partition coefficient (Wildman–Crippen LogP) is 3.26. The Morgan fingerprint density at radius 1 is 1.55 bits per heavy atom. The molecule has 7 heteroatoms. The number of para-hydroxylation sites is 1. The van der Waals surface area contributed by atoms with Gasteiger partial charge in [-0.3, -0.25) is 5.32 Å². The van der Waals surface area contributed by atoms with Crippen LogP contribution in [0.4, 0.5) is 5.69 Å². The Morgan fingerprint density at radius 2 is 2.35 bits per heavy atom. The topological polar surface area (TPSA) is 66.0 Å². The Labute approximate surface area is 126 Å². The molecule has 0 aliphatic heterocycles. The van der Waals surface area contributed by atoms with Gasteiger partial charge in [0, 0.05) is 6.20 Å². The first-order valence-electron chi connectivity index (χ1n) is 5.73. The fraction of sp³-hybridized carbons (Fsp3) is 0.154. The molecule has 1 N–H and O–H groups in total. The number of thioether (sulfide) groups is 1. The van der Waals surface area contributed by atoms with E-state index in [0.29, 0.717) is 21.6 Å². The summed E-state index contributed by atoms with van der Waals surface area (Å²) in [4.78, 5) is 4.41. The molecule has 0 saturated carbocycles. The number of nitriles is 1. The van der Waals surface area contributed by atoms with Crippen molar-refractivity contribution in [1.29, 1.82) is 5.26 Å². The Morgan fingerprint density at radius 3 is 2.95 bits per heavy atom. The Hall–Kier alpha value is -1.97. The Bertz CT molecular complexity index is 686. The van der Waals surface area contributed by atoms with E-state index in [-0.39, 0.29) is 0 Å². The molecule has 0 aliphatic carbocycles. The third-order valence-electron chi connectivity index (χ3n) is 2.48. The van der Waals surface area contributed by atoms with Crippen molar-refractivity contribution in [1.82, 2.24) is 15.1 Å². The van der Waals surface area contributed by atoms with Crippen molar-refractivity contribution in [3.05, 3.63) is 41.2 Å². The SMILES string of the molecule is CSC(=Nc1cccc(Cl)c1-n1cc(C)cn1)NC#N. The summed E-state index contributed by atoms with van der Waals surface area (Å²) < 4.78 is 1.68. The van der Waals surface area contributed by atoms with Gasteiger partial charge < -0.3 is 0 Å². The van der Waals surface area contributed by atoms with E-state index >= 15 is 0 Å². The van der Waals surface area contributed by atoms with Gasteiger partial charge in [0.1, 0.15) is 5.69 Å². The minimum atomic E-state index is 0.500. The van der Waals surface area contributed by atoms with Crippen LogP contribution in [0.15, 0.2) is 35.6 Å². The normalized spacial score (nSPS) is 11.2. The third-order valence-corrected chi connectivity index (χ3v) is 3.37. The molecule has 0 atom stereocenters. The molecule has 1 heterocycles. The van der Waals surface area contributed by atoms with Gasteiger partial charge in [0.05, 0.1) is 16.9 Å². The van der Waals surface area contributed by atoms with Crippen molar-refractivity contribution in [3.8, 4) is 11.9 Å². The fourth-order valence-electron chi connectivity index (χ4n) is 1.64. The molecule has 0 saturated heterocycles. The maximum absolute atomic E-state index is 8.69. The van der Waals surface area contributed by atoms with Gasteiger partial charge >= 0.3 is 0 Å². The number of hydrogen-bond donors (Lipinski definition) is 1. The van der Waals surface area contributed by atoms with Crippen molar-refractivity contribution in [2.24, 2.45) is 4.99 Å². The highest BCUT2D eigenvalue weighted by atomic mass is 35.5. The van der Waals surface area contributed by atoms with E-state index in [1.165, 1.54) is 11.8 Å². The summed E-state index contributed by atoms with van der Waals surface area (Å²) in [6, 6.07) is 5.42. The quantitative estimate of drug-likeness (QED) is 0.400. The molecule has 5 nitrogen and oxygen atoms in total. The fourth-order valence-corrected chi connectivity index (χ4v) is 2.23. The van der Waals surface area contributed by atoms with Gasteiger partial charge in [-0.05, 0) is 30.9 Å². The Balaban J connectivity index is 2.55. The molecule has 0 aliphatic rings. The molecule has 1 aromatic carbocycles. The monoisotopic (exact) mass is 305 g/mol. The number of halogens is 1. The second-order valence-electron chi connectivity index (χ2n) is 3.93. The van der Waals surface area contributed by atoms with Gasteiger partial charge in [-0.2, -0.15) is 10.4 Å². The minimum Gasteiger partial charge on any atom is -0.271 e. The average Bonchev–Trinajstić information content (AvgIpc) is 2.84. The number of aromatic nitrogens is 2. The molecule has 0 amide bonds. The van der Waals surface area contributed by atoms with Crippen LogP contribution >= 0.6 is 23.4 Å². The van der Waals surface area contributed by atoms with Crippen LogP contribution in [0.3, 0.4) is 0 Å². The standard InChI is InChI=1S/C13H12ClN5S/c1-9-6-17-19(7-9)12-10(14)4-3-5-11(12)18-13(20-2)16-8-15/h3-7H,1-2H3,(H,16,18). The Kier molecular flexibility index (Phi) is 4.66. The summed E-state index contributed by atoms with van der Waals surface area (Å²) >= 11 is 7.60. The van der Waals surface area contributed by atoms with E-state index in [2.05, 4.69) is 15.4 Å². The highest BCUT2D eigenvalue weighted by Crippen LogP contribution is 2.31. The third kappa shape index (κ3) is 3.13. The molecule has 0 radical (unpaired) electrons. The van der Waals surface area contributed by atoms with Crippen molar-refractivity contribution in [3.63, 3.8) is 0 Å². The van der Waals surface area contributed by atoms with Crippen molar-refractivity contribution in [2.75, 3.05) is 6.26 Å². The maximum Gasteiger partial charge on any atom is 0.183 e. The molecule has 102 valence electrons. The highest BCUT2D eigenvalue weighted by Gasteiger charge is 2.10. The second-order valence-corrected chi connectivity index (χ2v) is 5.13. The van der Waals surface area contributed by atoms with Crippen LogP contribution in [-0.2, 0) is 0 Å². The van der Waals surface area contributed by atoms with E-state index < -0.39 is 0 Å². The van der Waals surface area contributed by atoms with Crippen LogP contribution < -0.4 is 5.32 Å². The number of hydrogen-bond acceptors (Lipinski definition) is 4. The lowest BCUT2D eigenvalue weighted by molar-refractivity contribution is 0.880. The number of rotatable bonds is 2. The molecular weight excluding hydrogens is 294 g/mol. The minimum absolute atomic E-state index is 0.500. The molecule has 20 heavy (non-hydrogen) atoms. The van der Waals surface area contributed by atoms with Crippen molar-refractivity contribution in [2.45, 2.75) is 6.92 Å². The molecule has 0 unspecified atom stereocenters. The maximum atomic E-state index is 8.69. The first-order chi connectivity index (χ1) is 9.65. The van der Waals surface area contributed by atoms with Crippen LogP contribution in [0.1, 0.15) is 5.56 Å². The van der Waals surface area contributed by atoms with Gasteiger partial charge in [0.2, 0.25) is 0 Å². The lowest BCUT2D eigenvalue weighted by Crippen LogP contribution is -2.12. The number of nitrogens with zero attached hydrogens (tertiary/aromatic N) is 4. The number of aliphatic imine (C=N–C) groups is 1. The predicted molar refractivity (Wildman–Crippen MR) is 82.7 cm³/mol. The smallest absolute Gasteiger partial charge is 0.183 e. The van der Waals surface area contributed by atoms with E-state index in [0.717, 1.165) is 5.56 Å². The lowest BCUT2D eigenvalue weighted by Gasteiger charge is -2.09. The number of benzene rings is 1. The summed E-state index contributed by atoms with van der Waals surface area (Å²) in [5, 5.41) is 16.5. The summed E-state index contributed by atoms with van der Waals surface area (Å²) in [6.07, 6.45) is 7.32. The van der Waals surface area contributed by atoms with Crippen LogP contribution in [0.2, 0.25) is 5.02 Å².